The van der Waals surface area contributed by atoms with Gasteiger partial charge in [-0.1, -0.05) is 13.8 Å². The molecule has 0 aliphatic carbocycles. The molecule has 1 amide bonds. The van der Waals surface area contributed by atoms with Crippen LogP contribution in [0.25, 0.3) is 11.5 Å². The summed E-state index contributed by atoms with van der Waals surface area (Å²) in [4.78, 5) is 27.0. The summed E-state index contributed by atoms with van der Waals surface area (Å²) >= 11 is 0. The van der Waals surface area contributed by atoms with E-state index in [2.05, 4.69) is 20.4 Å². The van der Waals surface area contributed by atoms with Gasteiger partial charge in [-0.25, -0.2) is 0 Å². The first-order valence-corrected chi connectivity index (χ1v) is 10.3. The van der Waals surface area contributed by atoms with Crippen LogP contribution in [0.15, 0.2) is 51.8 Å². The lowest BCUT2D eigenvalue weighted by molar-refractivity contribution is -0.116. The number of rotatable bonds is 6. The fourth-order valence-electron chi connectivity index (χ4n) is 3.30. The minimum Gasteiger partial charge on any atom is -0.420 e. The number of nitrogens with one attached hydrogen (secondary N) is 1. The molecule has 31 heavy (non-hydrogen) atoms. The van der Waals surface area contributed by atoms with Gasteiger partial charge in [0.2, 0.25) is 17.7 Å². The molecule has 0 unspecified atom stereocenters. The summed E-state index contributed by atoms with van der Waals surface area (Å²) in [5.74, 6) is 0.641. The van der Waals surface area contributed by atoms with Crippen molar-refractivity contribution in [2.45, 2.75) is 26.3 Å². The molecule has 3 heterocycles. The van der Waals surface area contributed by atoms with Crippen molar-refractivity contribution in [1.29, 1.82) is 0 Å². The maximum absolute atomic E-state index is 12.5. The molecule has 0 radical (unpaired) electrons. The highest BCUT2D eigenvalue weighted by molar-refractivity contribution is 5.90. The van der Waals surface area contributed by atoms with E-state index in [1.807, 2.05) is 38.1 Å². The van der Waals surface area contributed by atoms with Gasteiger partial charge in [0.1, 0.15) is 6.54 Å². The van der Waals surface area contributed by atoms with Crippen molar-refractivity contribution in [2.24, 2.45) is 0 Å². The number of ether oxygens (including phenoxy) is 1. The van der Waals surface area contributed by atoms with Gasteiger partial charge in [-0.2, -0.15) is 0 Å². The quantitative estimate of drug-likeness (QED) is 0.650. The molecule has 1 aromatic carbocycles. The molecule has 1 saturated heterocycles. The van der Waals surface area contributed by atoms with Crippen LogP contribution >= 0.6 is 0 Å². The number of amides is 1. The van der Waals surface area contributed by atoms with Gasteiger partial charge in [0.05, 0.1) is 18.8 Å². The molecule has 1 fully saturated rings. The molecule has 3 aromatic rings. The highest BCUT2D eigenvalue weighted by Gasteiger charge is 2.14. The number of hydrogen-bond donors (Lipinski definition) is 1. The van der Waals surface area contributed by atoms with Gasteiger partial charge in [0.15, 0.2) is 0 Å². The van der Waals surface area contributed by atoms with Crippen LogP contribution in [0.3, 0.4) is 0 Å². The van der Waals surface area contributed by atoms with Gasteiger partial charge in [-0.3, -0.25) is 9.59 Å². The molecule has 2 aromatic heterocycles. The van der Waals surface area contributed by atoms with Crippen LogP contribution in [0.2, 0.25) is 0 Å². The molecule has 1 aliphatic rings. The summed E-state index contributed by atoms with van der Waals surface area (Å²) in [5.41, 5.74) is 2.06. The number of nitrogens with zero attached hydrogens (tertiary/aromatic N) is 4. The zero-order valence-corrected chi connectivity index (χ0v) is 17.6. The van der Waals surface area contributed by atoms with Crippen molar-refractivity contribution < 1.29 is 13.9 Å². The van der Waals surface area contributed by atoms with Crippen molar-refractivity contribution >= 4 is 17.3 Å². The molecule has 1 N–H and O–H groups in total. The second kappa shape index (κ2) is 9.13. The smallest absolute Gasteiger partial charge is 0.251 e. The summed E-state index contributed by atoms with van der Waals surface area (Å²) in [6.45, 7) is 6.92. The molecule has 4 rings (SSSR count). The maximum Gasteiger partial charge on any atom is 0.251 e. The van der Waals surface area contributed by atoms with Crippen molar-refractivity contribution in [3.8, 4) is 11.5 Å². The average molecular weight is 423 g/mol. The van der Waals surface area contributed by atoms with E-state index in [1.54, 1.807) is 12.3 Å². The summed E-state index contributed by atoms with van der Waals surface area (Å²) in [5, 5.41) is 10.9. The van der Waals surface area contributed by atoms with Crippen LogP contribution in [0.4, 0.5) is 11.4 Å². The van der Waals surface area contributed by atoms with Crippen LogP contribution < -0.4 is 15.8 Å². The highest BCUT2D eigenvalue weighted by atomic mass is 16.5. The number of carbonyl (C=O) groups excluding carboxylic acids is 1. The monoisotopic (exact) mass is 423 g/mol. The van der Waals surface area contributed by atoms with Crippen molar-refractivity contribution in [3.63, 3.8) is 0 Å². The van der Waals surface area contributed by atoms with Crippen LogP contribution in [0, 0.1) is 0 Å². The molecule has 1 aliphatic heterocycles. The summed E-state index contributed by atoms with van der Waals surface area (Å²) in [7, 11) is 0. The van der Waals surface area contributed by atoms with E-state index in [4.69, 9.17) is 9.15 Å². The first-order chi connectivity index (χ1) is 15.0. The Morgan fingerprint density at radius 3 is 2.52 bits per heavy atom. The minimum atomic E-state index is -0.299. The van der Waals surface area contributed by atoms with Crippen molar-refractivity contribution in [3.05, 3.63) is 58.8 Å². The predicted molar refractivity (Wildman–Crippen MR) is 116 cm³/mol. The Balaban J connectivity index is 1.42. The van der Waals surface area contributed by atoms with Crippen LogP contribution in [-0.2, 0) is 16.1 Å². The Kier molecular flexibility index (Phi) is 6.13. The number of anilines is 2. The first kappa shape index (κ1) is 20.8. The number of benzene rings is 1. The summed E-state index contributed by atoms with van der Waals surface area (Å²) < 4.78 is 12.3. The largest absolute Gasteiger partial charge is 0.420 e. The topological polar surface area (TPSA) is 102 Å². The Bertz CT molecular complexity index is 1100. The van der Waals surface area contributed by atoms with Gasteiger partial charge in [0.25, 0.3) is 5.56 Å². The molecule has 9 heteroatoms. The maximum atomic E-state index is 12.5. The number of pyridine rings is 1. The van der Waals surface area contributed by atoms with Gasteiger partial charge in [0, 0.05) is 42.6 Å². The lowest BCUT2D eigenvalue weighted by Gasteiger charge is -2.28. The van der Waals surface area contributed by atoms with Gasteiger partial charge < -0.3 is 23.9 Å². The fourth-order valence-corrected chi connectivity index (χ4v) is 3.30. The zero-order valence-electron chi connectivity index (χ0n) is 17.6. The van der Waals surface area contributed by atoms with E-state index in [-0.39, 0.29) is 23.9 Å². The summed E-state index contributed by atoms with van der Waals surface area (Å²) in [6, 6.07) is 10.6. The van der Waals surface area contributed by atoms with Crippen molar-refractivity contribution in [1.82, 2.24) is 14.8 Å². The standard InChI is InChI=1S/C22H25N5O4/c1-15(2)21-24-25-22(31-21)16-3-8-20(29)27(13-16)14-19(28)23-17-4-6-18(7-5-17)26-9-11-30-12-10-26/h3-8,13,15H,9-12,14H2,1-2H3,(H,23,28). The molecular formula is C22H25N5O4. The van der Waals surface area contributed by atoms with Gasteiger partial charge in [-0.15, -0.1) is 10.2 Å². The second-order valence-corrected chi connectivity index (χ2v) is 7.68. The number of morpholine rings is 1. The Morgan fingerprint density at radius 2 is 1.84 bits per heavy atom. The third kappa shape index (κ3) is 5.00. The minimum absolute atomic E-state index is 0.104. The van der Waals surface area contributed by atoms with Crippen LogP contribution in [-0.4, -0.2) is 47.0 Å². The molecule has 9 nitrogen and oxygen atoms in total. The summed E-state index contributed by atoms with van der Waals surface area (Å²) in [6.07, 6.45) is 1.56. The molecule has 0 saturated carbocycles. The molecular weight excluding hydrogens is 398 g/mol. The van der Waals surface area contributed by atoms with E-state index in [0.717, 1.165) is 18.8 Å². The highest BCUT2D eigenvalue weighted by Crippen LogP contribution is 2.21. The molecule has 0 bridgehead atoms. The molecule has 162 valence electrons. The molecule has 0 atom stereocenters. The van der Waals surface area contributed by atoms with E-state index < -0.39 is 0 Å². The molecule has 0 spiro atoms. The lowest BCUT2D eigenvalue weighted by atomic mass is 10.2. The van der Waals surface area contributed by atoms with E-state index in [1.165, 1.54) is 10.6 Å². The van der Waals surface area contributed by atoms with Crippen LogP contribution in [0.5, 0.6) is 0 Å². The van der Waals surface area contributed by atoms with E-state index in [0.29, 0.717) is 36.2 Å². The Labute approximate surface area is 179 Å². The van der Waals surface area contributed by atoms with Crippen molar-refractivity contribution in [2.75, 3.05) is 36.5 Å². The Hall–Kier alpha value is -3.46. The number of carbonyl (C=O) groups is 1. The number of hydrogen-bond acceptors (Lipinski definition) is 7. The first-order valence-electron chi connectivity index (χ1n) is 10.3. The fraction of sp³-hybridized carbons (Fsp3) is 0.364. The van der Waals surface area contributed by atoms with Gasteiger partial charge in [-0.05, 0) is 30.3 Å². The van der Waals surface area contributed by atoms with Crippen LogP contribution in [0.1, 0.15) is 25.7 Å². The van der Waals surface area contributed by atoms with E-state index in [9.17, 15) is 9.59 Å². The average Bonchev–Trinajstić information content (AvgIpc) is 3.27. The SMILES string of the molecule is CC(C)c1nnc(-c2ccc(=O)n(CC(=O)Nc3ccc(N4CCOCC4)cc3)c2)o1. The van der Waals surface area contributed by atoms with Gasteiger partial charge >= 0.3 is 0 Å². The van der Waals surface area contributed by atoms with E-state index >= 15 is 0 Å². The number of aromatic nitrogens is 3. The third-order valence-electron chi connectivity index (χ3n) is 5.01. The zero-order chi connectivity index (χ0) is 21.8. The lowest BCUT2D eigenvalue weighted by Crippen LogP contribution is -2.36. The normalized spacial score (nSPS) is 14.1. The predicted octanol–water partition coefficient (Wildman–Crippen LogP) is 2.50. The Morgan fingerprint density at radius 1 is 1.10 bits per heavy atom. The third-order valence-corrected chi connectivity index (χ3v) is 5.01. The second-order valence-electron chi connectivity index (χ2n) is 7.68.